The molecule has 0 aromatic rings. The van der Waals surface area contributed by atoms with Crippen molar-refractivity contribution in [2.24, 2.45) is 0 Å². The van der Waals surface area contributed by atoms with E-state index in [2.05, 4.69) is 6.92 Å². The van der Waals surface area contributed by atoms with Crippen molar-refractivity contribution in [3.63, 3.8) is 0 Å². The summed E-state index contributed by atoms with van der Waals surface area (Å²) in [5.41, 5.74) is 0. The third kappa shape index (κ3) is 23.0. The van der Waals surface area contributed by atoms with Gasteiger partial charge in [-0.1, -0.05) is 90.4 Å². The zero-order valence-electron chi connectivity index (χ0n) is 14.4. The Balaban J connectivity index is 0. The SMILES string of the molecule is CCCCCCCCCCCCCCCCOCCO.[Ti]. The van der Waals surface area contributed by atoms with Gasteiger partial charge in [-0.25, -0.2) is 0 Å². The minimum Gasteiger partial charge on any atom is -0.394 e. The normalized spacial score (nSPS) is 10.6. The standard InChI is InChI=1S/C18H38O2.Ti/c1-2-3-4-5-6-7-8-9-10-11-12-13-14-15-17-20-18-16-19;/h19H,2-18H2,1H3;. The molecule has 0 aliphatic carbocycles. The maximum Gasteiger partial charge on any atom is 0.0697 e. The van der Waals surface area contributed by atoms with Gasteiger partial charge < -0.3 is 9.84 Å². The quantitative estimate of drug-likeness (QED) is 0.282. The first-order valence-corrected chi connectivity index (χ1v) is 9.10. The average Bonchev–Trinajstić information content (AvgIpc) is 2.47. The van der Waals surface area contributed by atoms with E-state index in [1.807, 2.05) is 0 Å². The van der Waals surface area contributed by atoms with Crippen LogP contribution in [-0.4, -0.2) is 24.9 Å². The average molecular weight is 334 g/mol. The Morgan fingerprint density at radius 2 is 0.952 bits per heavy atom. The monoisotopic (exact) mass is 334 g/mol. The predicted octanol–water partition coefficient (Wildman–Crippen LogP) is 5.47. The predicted molar refractivity (Wildman–Crippen MR) is 88.2 cm³/mol. The number of rotatable bonds is 17. The summed E-state index contributed by atoms with van der Waals surface area (Å²) in [6, 6.07) is 0. The summed E-state index contributed by atoms with van der Waals surface area (Å²) in [4.78, 5) is 0. The second-order valence-electron chi connectivity index (χ2n) is 5.93. The van der Waals surface area contributed by atoms with E-state index in [0.717, 1.165) is 13.0 Å². The Labute approximate surface area is 148 Å². The van der Waals surface area contributed by atoms with Crippen LogP contribution in [0.3, 0.4) is 0 Å². The Morgan fingerprint density at radius 1 is 0.571 bits per heavy atom. The summed E-state index contributed by atoms with van der Waals surface area (Å²) in [5.74, 6) is 0. The molecule has 0 saturated heterocycles. The van der Waals surface area contributed by atoms with Gasteiger partial charge in [0.2, 0.25) is 0 Å². The molecule has 126 valence electrons. The van der Waals surface area contributed by atoms with Crippen molar-refractivity contribution in [3.8, 4) is 0 Å². The molecular formula is C18H38O2Ti. The summed E-state index contributed by atoms with van der Waals surface area (Å²) in [5, 5.41) is 8.56. The molecule has 0 atom stereocenters. The Hall–Kier alpha value is 0.634. The molecule has 1 N–H and O–H groups in total. The number of ether oxygens (including phenoxy) is 1. The molecular weight excluding hydrogens is 296 g/mol. The van der Waals surface area contributed by atoms with Crippen molar-refractivity contribution >= 4 is 0 Å². The van der Waals surface area contributed by atoms with Crippen molar-refractivity contribution in [3.05, 3.63) is 0 Å². The Morgan fingerprint density at radius 3 is 1.33 bits per heavy atom. The van der Waals surface area contributed by atoms with Gasteiger partial charge in [0.1, 0.15) is 0 Å². The van der Waals surface area contributed by atoms with Gasteiger partial charge in [-0.2, -0.15) is 0 Å². The maximum atomic E-state index is 8.56. The molecule has 3 heteroatoms. The second-order valence-corrected chi connectivity index (χ2v) is 5.93. The van der Waals surface area contributed by atoms with Gasteiger partial charge in [0.25, 0.3) is 0 Å². The van der Waals surface area contributed by atoms with E-state index in [1.54, 1.807) is 0 Å². The molecule has 0 spiro atoms. The van der Waals surface area contributed by atoms with Gasteiger partial charge in [0.05, 0.1) is 13.2 Å². The van der Waals surface area contributed by atoms with Crippen molar-refractivity contribution in [1.29, 1.82) is 0 Å². The minimum absolute atomic E-state index is 0. The largest absolute Gasteiger partial charge is 0.394 e. The van der Waals surface area contributed by atoms with E-state index >= 15 is 0 Å². The van der Waals surface area contributed by atoms with Crippen molar-refractivity contribution in [2.45, 2.75) is 96.8 Å². The van der Waals surface area contributed by atoms with Crippen LogP contribution in [0.15, 0.2) is 0 Å². The van der Waals surface area contributed by atoms with E-state index in [-0.39, 0.29) is 28.3 Å². The fourth-order valence-electron chi connectivity index (χ4n) is 2.57. The van der Waals surface area contributed by atoms with E-state index < -0.39 is 0 Å². The molecule has 0 aromatic carbocycles. The number of hydrogen-bond acceptors (Lipinski definition) is 2. The number of hydrogen-bond donors (Lipinski definition) is 1. The molecule has 0 radical (unpaired) electrons. The topological polar surface area (TPSA) is 29.5 Å². The Bertz CT molecular complexity index is 147. The van der Waals surface area contributed by atoms with Crippen LogP contribution in [-0.2, 0) is 26.5 Å². The first-order valence-electron chi connectivity index (χ1n) is 9.10. The molecule has 2 nitrogen and oxygen atoms in total. The first-order chi connectivity index (χ1) is 9.91. The van der Waals surface area contributed by atoms with Crippen LogP contribution in [0.5, 0.6) is 0 Å². The number of unbranched alkanes of at least 4 members (excludes halogenated alkanes) is 13. The molecule has 0 bridgehead atoms. The fraction of sp³-hybridized carbons (Fsp3) is 1.00. The molecule has 0 rings (SSSR count). The molecule has 0 aromatic heterocycles. The van der Waals surface area contributed by atoms with E-state index in [9.17, 15) is 0 Å². The van der Waals surface area contributed by atoms with Crippen LogP contribution in [0.2, 0.25) is 0 Å². The van der Waals surface area contributed by atoms with Gasteiger partial charge in [0.15, 0.2) is 0 Å². The van der Waals surface area contributed by atoms with Crippen molar-refractivity contribution in [1.82, 2.24) is 0 Å². The summed E-state index contributed by atoms with van der Waals surface area (Å²) in [6.07, 6.45) is 19.5. The summed E-state index contributed by atoms with van der Waals surface area (Å²) < 4.78 is 5.24. The van der Waals surface area contributed by atoms with E-state index in [1.165, 1.54) is 83.5 Å². The van der Waals surface area contributed by atoms with Gasteiger partial charge in [0, 0.05) is 28.3 Å². The van der Waals surface area contributed by atoms with Crippen LogP contribution in [0.4, 0.5) is 0 Å². The molecule has 21 heavy (non-hydrogen) atoms. The van der Waals surface area contributed by atoms with E-state index in [0.29, 0.717) is 6.61 Å². The van der Waals surface area contributed by atoms with Gasteiger partial charge in [-0.05, 0) is 6.42 Å². The van der Waals surface area contributed by atoms with Gasteiger partial charge in [-0.15, -0.1) is 0 Å². The molecule has 0 amide bonds. The summed E-state index contributed by atoms with van der Waals surface area (Å²) >= 11 is 0. The molecule has 0 unspecified atom stereocenters. The molecule has 0 fully saturated rings. The van der Waals surface area contributed by atoms with Gasteiger partial charge >= 0.3 is 0 Å². The van der Waals surface area contributed by atoms with Crippen LogP contribution >= 0.6 is 0 Å². The third-order valence-electron chi connectivity index (χ3n) is 3.88. The van der Waals surface area contributed by atoms with Crippen LogP contribution in [0, 0.1) is 0 Å². The third-order valence-corrected chi connectivity index (χ3v) is 3.88. The van der Waals surface area contributed by atoms with Crippen molar-refractivity contribution < 1.29 is 31.6 Å². The first kappa shape index (κ1) is 23.9. The van der Waals surface area contributed by atoms with Crippen LogP contribution in [0.25, 0.3) is 0 Å². The zero-order chi connectivity index (χ0) is 14.7. The molecule has 0 saturated carbocycles. The maximum absolute atomic E-state index is 8.56. The Kier molecular flexibility index (Phi) is 26.1. The fourth-order valence-corrected chi connectivity index (χ4v) is 2.57. The van der Waals surface area contributed by atoms with Crippen molar-refractivity contribution in [2.75, 3.05) is 19.8 Å². The van der Waals surface area contributed by atoms with Crippen LogP contribution < -0.4 is 0 Å². The minimum atomic E-state index is 0. The summed E-state index contributed by atoms with van der Waals surface area (Å²) in [6.45, 7) is 3.75. The second kappa shape index (κ2) is 22.9. The molecule has 0 aliphatic heterocycles. The zero-order valence-corrected chi connectivity index (χ0v) is 15.9. The van der Waals surface area contributed by atoms with E-state index in [4.69, 9.17) is 9.84 Å². The molecule has 0 aliphatic rings. The number of aliphatic hydroxyl groups excluding tert-OH is 1. The summed E-state index contributed by atoms with van der Waals surface area (Å²) in [7, 11) is 0. The van der Waals surface area contributed by atoms with Crippen LogP contribution in [0.1, 0.15) is 96.8 Å². The molecule has 0 heterocycles. The smallest absolute Gasteiger partial charge is 0.0697 e. The number of aliphatic hydroxyl groups is 1. The van der Waals surface area contributed by atoms with Gasteiger partial charge in [-0.3, -0.25) is 0 Å².